The molecule has 4 nitrogen and oxygen atoms in total. The highest BCUT2D eigenvalue weighted by Crippen LogP contribution is 2.26. The van der Waals surface area contributed by atoms with Crippen LogP contribution in [0, 0.1) is 12.3 Å². The van der Waals surface area contributed by atoms with Gasteiger partial charge in [0.1, 0.15) is 5.69 Å². The van der Waals surface area contributed by atoms with E-state index in [0.29, 0.717) is 5.69 Å². The summed E-state index contributed by atoms with van der Waals surface area (Å²) in [7, 11) is 0. The lowest BCUT2D eigenvalue weighted by Gasteiger charge is -2.19. The molecular weight excluding hydrogens is 274 g/mol. The van der Waals surface area contributed by atoms with Crippen molar-refractivity contribution in [3.8, 4) is 0 Å². The SMILES string of the molecule is C/C(=C\c1ncc(C(=O)CN)nc1C)C(C)(C)C.CCCC. The zero-order valence-electron chi connectivity index (χ0n) is 15.2. The number of rotatable bonds is 4. The van der Waals surface area contributed by atoms with E-state index in [0.717, 1.165) is 11.4 Å². The van der Waals surface area contributed by atoms with Crippen molar-refractivity contribution in [1.82, 2.24) is 9.97 Å². The Hall–Kier alpha value is -1.55. The Morgan fingerprint density at radius 2 is 1.82 bits per heavy atom. The first kappa shape index (κ1) is 20.5. The lowest BCUT2D eigenvalue weighted by atomic mass is 9.87. The fourth-order valence-electron chi connectivity index (χ4n) is 1.29. The Morgan fingerprint density at radius 1 is 1.27 bits per heavy atom. The number of unbranched alkanes of at least 4 members (excludes halogenated alkanes) is 1. The standard InChI is InChI=1S/C14H21N3O.C4H10/c1-9(14(3,4)5)6-11-10(2)17-12(8-16-11)13(18)7-15;1-3-4-2/h6,8H,7,15H2,1-5H3;3-4H2,1-2H3/b9-6+;. The molecule has 1 heterocycles. The van der Waals surface area contributed by atoms with Gasteiger partial charge in [0.2, 0.25) is 0 Å². The maximum atomic E-state index is 11.4. The first-order chi connectivity index (χ1) is 10.2. The van der Waals surface area contributed by atoms with Crippen molar-refractivity contribution < 1.29 is 4.79 Å². The van der Waals surface area contributed by atoms with Crippen molar-refractivity contribution in [2.45, 2.75) is 61.3 Å². The van der Waals surface area contributed by atoms with Gasteiger partial charge in [-0.1, -0.05) is 53.0 Å². The van der Waals surface area contributed by atoms with Crippen LogP contribution in [-0.4, -0.2) is 22.3 Å². The third kappa shape index (κ3) is 6.94. The van der Waals surface area contributed by atoms with Crippen molar-refractivity contribution in [1.29, 1.82) is 0 Å². The molecule has 2 N–H and O–H groups in total. The molecule has 1 rings (SSSR count). The van der Waals surface area contributed by atoms with Gasteiger partial charge in [-0.25, -0.2) is 4.98 Å². The summed E-state index contributed by atoms with van der Waals surface area (Å²) < 4.78 is 0. The molecule has 0 aliphatic heterocycles. The Balaban J connectivity index is 0.000000980. The van der Waals surface area contributed by atoms with E-state index in [1.807, 2.05) is 13.0 Å². The first-order valence-electron chi connectivity index (χ1n) is 7.93. The summed E-state index contributed by atoms with van der Waals surface area (Å²) in [6.45, 7) is 14.7. The van der Waals surface area contributed by atoms with Gasteiger partial charge < -0.3 is 5.73 Å². The number of aromatic nitrogens is 2. The number of carbonyl (C=O) groups excluding carboxylic acids is 1. The molecule has 1 aromatic heterocycles. The summed E-state index contributed by atoms with van der Waals surface area (Å²) in [5, 5.41) is 0. The van der Waals surface area contributed by atoms with Gasteiger partial charge in [-0.15, -0.1) is 0 Å². The average molecular weight is 305 g/mol. The van der Waals surface area contributed by atoms with Crippen LogP contribution in [0.15, 0.2) is 11.8 Å². The molecule has 0 saturated carbocycles. The Kier molecular flexibility index (Phi) is 8.80. The lowest BCUT2D eigenvalue weighted by molar-refractivity contribution is 0.0996. The van der Waals surface area contributed by atoms with Crippen LogP contribution in [0.5, 0.6) is 0 Å². The zero-order chi connectivity index (χ0) is 17.3. The van der Waals surface area contributed by atoms with Gasteiger partial charge in [0, 0.05) is 0 Å². The highest BCUT2D eigenvalue weighted by molar-refractivity contribution is 5.95. The molecule has 0 aliphatic rings. The minimum Gasteiger partial charge on any atom is -0.324 e. The van der Waals surface area contributed by atoms with Gasteiger partial charge in [0.25, 0.3) is 0 Å². The number of allylic oxidation sites excluding steroid dienone is 1. The largest absolute Gasteiger partial charge is 0.324 e. The Bertz CT molecular complexity index is 512. The molecule has 0 amide bonds. The van der Waals surface area contributed by atoms with Gasteiger partial charge in [0.15, 0.2) is 5.78 Å². The van der Waals surface area contributed by atoms with Crippen molar-refractivity contribution in [3.63, 3.8) is 0 Å². The van der Waals surface area contributed by atoms with Crippen LogP contribution in [0.4, 0.5) is 0 Å². The Morgan fingerprint density at radius 3 is 2.18 bits per heavy atom. The van der Waals surface area contributed by atoms with Gasteiger partial charge >= 0.3 is 0 Å². The molecule has 0 spiro atoms. The van der Waals surface area contributed by atoms with E-state index in [9.17, 15) is 4.79 Å². The van der Waals surface area contributed by atoms with Crippen molar-refractivity contribution in [2.75, 3.05) is 6.54 Å². The number of nitrogens with two attached hydrogens (primary N) is 1. The summed E-state index contributed by atoms with van der Waals surface area (Å²) in [6.07, 6.45) is 6.14. The van der Waals surface area contributed by atoms with E-state index in [-0.39, 0.29) is 17.7 Å². The Labute approximate surface area is 135 Å². The molecule has 0 bridgehead atoms. The molecular formula is C18H31N3O. The highest BCUT2D eigenvalue weighted by Gasteiger charge is 2.14. The molecule has 0 aliphatic carbocycles. The third-order valence-corrected chi connectivity index (χ3v) is 3.49. The number of ketones is 1. The second kappa shape index (κ2) is 9.46. The molecule has 0 fully saturated rings. The monoisotopic (exact) mass is 305 g/mol. The van der Waals surface area contributed by atoms with Crippen LogP contribution < -0.4 is 5.73 Å². The lowest BCUT2D eigenvalue weighted by Crippen LogP contribution is -2.16. The van der Waals surface area contributed by atoms with Gasteiger partial charge in [0.05, 0.1) is 24.1 Å². The van der Waals surface area contributed by atoms with Crippen molar-refractivity contribution in [2.24, 2.45) is 11.1 Å². The molecule has 0 saturated heterocycles. The molecule has 0 unspecified atom stereocenters. The summed E-state index contributed by atoms with van der Waals surface area (Å²) >= 11 is 0. The minimum atomic E-state index is -0.186. The second-order valence-electron chi connectivity index (χ2n) is 6.43. The minimum absolute atomic E-state index is 0.0374. The van der Waals surface area contributed by atoms with E-state index in [2.05, 4.69) is 51.5 Å². The van der Waals surface area contributed by atoms with Crippen molar-refractivity contribution >= 4 is 11.9 Å². The maximum absolute atomic E-state index is 11.4. The predicted octanol–water partition coefficient (Wildman–Crippen LogP) is 4.18. The molecule has 22 heavy (non-hydrogen) atoms. The summed E-state index contributed by atoms with van der Waals surface area (Å²) in [5.41, 5.74) is 8.50. The number of hydrogen-bond donors (Lipinski definition) is 1. The van der Waals surface area contributed by atoms with E-state index in [1.54, 1.807) is 0 Å². The number of carbonyl (C=O) groups is 1. The van der Waals surface area contributed by atoms with Crippen LogP contribution in [0.25, 0.3) is 6.08 Å². The number of nitrogens with zero attached hydrogens (tertiary/aromatic N) is 2. The number of aryl methyl sites for hydroxylation is 1. The van der Waals surface area contributed by atoms with E-state index in [4.69, 9.17) is 5.73 Å². The van der Waals surface area contributed by atoms with E-state index < -0.39 is 0 Å². The van der Waals surface area contributed by atoms with E-state index >= 15 is 0 Å². The fourth-order valence-corrected chi connectivity index (χ4v) is 1.29. The fraction of sp³-hybridized carbons (Fsp3) is 0.611. The first-order valence-corrected chi connectivity index (χ1v) is 7.93. The normalized spacial score (nSPS) is 11.7. The molecule has 1 aromatic rings. The summed E-state index contributed by atoms with van der Waals surface area (Å²) in [6, 6.07) is 0. The molecule has 0 atom stereocenters. The topological polar surface area (TPSA) is 68.9 Å². The molecule has 124 valence electrons. The predicted molar refractivity (Wildman–Crippen MR) is 93.8 cm³/mol. The van der Waals surface area contributed by atoms with Crippen LogP contribution in [0.3, 0.4) is 0 Å². The van der Waals surface area contributed by atoms with Crippen LogP contribution in [0.2, 0.25) is 0 Å². The zero-order valence-corrected chi connectivity index (χ0v) is 15.2. The molecule has 0 radical (unpaired) electrons. The van der Waals surface area contributed by atoms with Crippen LogP contribution >= 0.6 is 0 Å². The van der Waals surface area contributed by atoms with Crippen molar-refractivity contribution in [3.05, 3.63) is 28.9 Å². The number of hydrogen-bond acceptors (Lipinski definition) is 4. The third-order valence-electron chi connectivity index (χ3n) is 3.49. The maximum Gasteiger partial charge on any atom is 0.196 e. The van der Waals surface area contributed by atoms with Gasteiger partial charge in [-0.2, -0.15) is 0 Å². The highest BCUT2D eigenvalue weighted by atomic mass is 16.1. The van der Waals surface area contributed by atoms with Gasteiger partial charge in [-0.05, 0) is 25.3 Å². The summed E-state index contributed by atoms with van der Waals surface area (Å²) in [5.74, 6) is -0.186. The van der Waals surface area contributed by atoms with E-state index in [1.165, 1.54) is 24.6 Å². The summed E-state index contributed by atoms with van der Waals surface area (Å²) in [4.78, 5) is 19.9. The number of Topliss-reactive ketones (excluding diaryl/α,β-unsaturated/α-hetero) is 1. The molecule has 4 heteroatoms. The molecule has 0 aromatic carbocycles. The second-order valence-corrected chi connectivity index (χ2v) is 6.43. The van der Waals surface area contributed by atoms with Crippen LogP contribution in [-0.2, 0) is 0 Å². The van der Waals surface area contributed by atoms with Gasteiger partial charge in [-0.3, -0.25) is 9.78 Å². The smallest absolute Gasteiger partial charge is 0.196 e. The van der Waals surface area contributed by atoms with Crippen LogP contribution in [0.1, 0.15) is 76.3 Å². The quantitative estimate of drug-likeness (QED) is 0.847. The average Bonchev–Trinajstić information content (AvgIpc) is 2.47.